The molecule has 368 valence electrons. The smallest absolute Gasteiger partial charge is 0.331 e. The van der Waals surface area contributed by atoms with Gasteiger partial charge >= 0.3 is 11.9 Å². The molecule has 9 heteroatoms. The van der Waals surface area contributed by atoms with E-state index in [-0.39, 0.29) is 53.4 Å². The minimum absolute atomic E-state index is 0.0557. The largest absolute Gasteiger partial charge is 0.462 e. The van der Waals surface area contributed by atoms with Gasteiger partial charge in [-0.2, -0.15) is 0 Å². The Hall–Kier alpha value is -2.74. The van der Waals surface area contributed by atoms with Gasteiger partial charge in [-0.3, -0.25) is 4.79 Å². The second kappa shape index (κ2) is 19.4. The number of carbonyl (C=O) groups is 2. The van der Waals surface area contributed by atoms with Gasteiger partial charge in [0.15, 0.2) is 0 Å². The molecule has 2 saturated heterocycles. The van der Waals surface area contributed by atoms with Crippen LogP contribution in [0.4, 0.5) is 0 Å². The molecule has 6 bridgehead atoms. The molecule has 6 fully saturated rings. The summed E-state index contributed by atoms with van der Waals surface area (Å²) in [6.45, 7) is 7.06. The number of aliphatic hydroxyl groups excluding tert-OH is 2. The molecule has 2 aromatic rings. The van der Waals surface area contributed by atoms with Gasteiger partial charge in [0.25, 0.3) is 0 Å². The Morgan fingerprint density at radius 2 is 1.44 bits per heavy atom. The second-order valence-corrected chi connectivity index (χ2v) is 26.9. The van der Waals surface area contributed by atoms with Crippen molar-refractivity contribution in [1.82, 2.24) is 0 Å². The van der Waals surface area contributed by atoms with E-state index in [4.69, 9.17) is 9.47 Å². The number of benzene rings is 2. The number of carbonyl (C=O) groups excluding carboxylic acids is 2. The van der Waals surface area contributed by atoms with Gasteiger partial charge in [0.2, 0.25) is 0 Å². The highest BCUT2D eigenvalue weighted by Crippen LogP contribution is 2.72. The molecule has 4 saturated carbocycles. The molecule has 0 radical (unpaired) electrons. The van der Waals surface area contributed by atoms with Crippen molar-refractivity contribution < 1.29 is 34.4 Å². The number of fused-ring (bicyclic) bond motifs is 6. The molecule has 0 aromatic heterocycles. The molecule has 14 unspecified atom stereocenters. The lowest BCUT2D eigenvalue weighted by molar-refractivity contribution is -0.339. The highest BCUT2D eigenvalue weighted by atomic mass is 33.1. The lowest BCUT2D eigenvalue weighted by Gasteiger charge is -2.72. The Morgan fingerprint density at radius 3 is 2.13 bits per heavy atom. The Morgan fingerprint density at radius 1 is 0.765 bits per heavy atom. The molecular formula is C59H78O7S2. The summed E-state index contributed by atoms with van der Waals surface area (Å²) in [5.74, 6) is 8.53. The highest BCUT2D eigenvalue weighted by Gasteiger charge is 2.78. The van der Waals surface area contributed by atoms with Crippen LogP contribution in [-0.2, 0) is 31.9 Å². The van der Waals surface area contributed by atoms with Crippen LogP contribution in [0.1, 0.15) is 154 Å². The van der Waals surface area contributed by atoms with E-state index >= 15 is 4.79 Å². The number of hydrogen-bond acceptors (Lipinski definition) is 9. The zero-order valence-electron chi connectivity index (χ0n) is 41.1. The Balaban J connectivity index is 1.17. The van der Waals surface area contributed by atoms with Gasteiger partial charge in [0, 0.05) is 35.8 Å². The lowest BCUT2D eigenvalue weighted by atomic mass is 9.35. The predicted molar refractivity (Wildman–Crippen MR) is 272 cm³/mol. The Kier molecular flexibility index (Phi) is 13.9. The normalized spacial score (nSPS) is 43.1. The van der Waals surface area contributed by atoms with E-state index in [9.17, 15) is 20.1 Å². The van der Waals surface area contributed by atoms with Crippen molar-refractivity contribution in [3.05, 3.63) is 83.4 Å². The quantitative estimate of drug-likeness (QED) is 0.135. The number of hydrogen-bond donors (Lipinski definition) is 3. The van der Waals surface area contributed by atoms with Crippen LogP contribution in [0.5, 0.6) is 0 Å². The molecule has 7 nitrogen and oxygen atoms in total. The summed E-state index contributed by atoms with van der Waals surface area (Å²) in [5, 5.41) is 42.0. The fourth-order valence-corrected chi connectivity index (χ4v) is 20.3. The van der Waals surface area contributed by atoms with E-state index in [2.05, 4.69) is 86.4 Å². The predicted octanol–water partition coefficient (Wildman–Crippen LogP) is 11.7. The van der Waals surface area contributed by atoms with Gasteiger partial charge in [-0.25, -0.2) is 4.79 Å². The molecule has 3 N–H and O–H groups in total. The maximum Gasteiger partial charge on any atom is 0.331 e. The van der Waals surface area contributed by atoms with E-state index < -0.39 is 51.5 Å². The summed E-state index contributed by atoms with van der Waals surface area (Å²) < 4.78 is 12.9. The molecule has 14 atom stereocenters. The second-order valence-electron chi connectivity index (χ2n) is 24.2. The summed E-state index contributed by atoms with van der Waals surface area (Å²) in [5.41, 5.74) is -2.36. The fourth-order valence-electron chi connectivity index (χ4n) is 16.8. The average molecular weight is 963 g/mol. The van der Waals surface area contributed by atoms with Crippen LogP contribution in [0.3, 0.4) is 0 Å². The first-order chi connectivity index (χ1) is 32.7. The zero-order valence-corrected chi connectivity index (χ0v) is 42.7. The van der Waals surface area contributed by atoms with Gasteiger partial charge < -0.3 is 24.8 Å². The number of rotatable bonds is 8. The van der Waals surface area contributed by atoms with Crippen molar-refractivity contribution in [3.8, 4) is 11.8 Å². The van der Waals surface area contributed by atoms with Crippen molar-refractivity contribution in [2.24, 2.45) is 56.7 Å². The van der Waals surface area contributed by atoms with Crippen LogP contribution < -0.4 is 0 Å². The van der Waals surface area contributed by atoms with Gasteiger partial charge in [-0.1, -0.05) is 121 Å². The molecule has 4 aliphatic heterocycles. The molecule has 10 rings (SSSR count). The van der Waals surface area contributed by atoms with Crippen LogP contribution >= 0.6 is 21.6 Å². The SMILES string of the molecule is CC12CCC(SSCC(Cc3ccccc3)C1)C1CCC(Cc3ccccc3)CC13CC#CC1(C)CC(OC3=O)C3C(C)(C4CCCCC4)CCC(O)C3(C(O)CC2)C1(O)CCC1=CC(=O)OC1. The fraction of sp³-hybridized carbons (Fsp3) is 0.695. The molecule has 4 aliphatic carbocycles. The third kappa shape index (κ3) is 8.66. The van der Waals surface area contributed by atoms with Gasteiger partial charge in [-0.05, 0) is 161 Å². The van der Waals surface area contributed by atoms with E-state index in [1.54, 1.807) is 6.08 Å². The molecule has 68 heavy (non-hydrogen) atoms. The Labute approximate surface area is 414 Å². The van der Waals surface area contributed by atoms with Crippen molar-refractivity contribution in [2.45, 2.75) is 185 Å². The van der Waals surface area contributed by atoms with Crippen LogP contribution in [0.25, 0.3) is 0 Å². The summed E-state index contributed by atoms with van der Waals surface area (Å²) >= 11 is 0. The Bertz CT molecular complexity index is 2240. The highest BCUT2D eigenvalue weighted by molar-refractivity contribution is 8.76. The molecular weight excluding hydrogens is 885 g/mol. The summed E-state index contributed by atoms with van der Waals surface area (Å²) in [7, 11) is 4.03. The van der Waals surface area contributed by atoms with Crippen molar-refractivity contribution in [1.29, 1.82) is 0 Å². The van der Waals surface area contributed by atoms with Gasteiger partial charge in [-0.15, -0.1) is 5.92 Å². The van der Waals surface area contributed by atoms with Gasteiger partial charge in [0.1, 0.15) is 12.7 Å². The maximum atomic E-state index is 16.3. The number of aliphatic hydroxyl groups is 3. The van der Waals surface area contributed by atoms with Crippen molar-refractivity contribution >= 4 is 33.5 Å². The molecule has 0 amide bonds. The van der Waals surface area contributed by atoms with Gasteiger partial charge in [0.05, 0.1) is 34.1 Å². The first-order valence-corrected chi connectivity index (χ1v) is 29.1. The summed E-state index contributed by atoms with van der Waals surface area (Å²) in [6.07, 6.45) is 15.4. The van der Waals surface area contributed by atoms with Crippen molar-refractivity contribution in [2.75, 3.05) is 12.4 Å². The maximum absolute atomic E-state index is 16.3. The summed E-state index contributed by atoms with van der Waals surface area (Å²) in [4.78, 5) is 28.8. The molecule has 2 aromatic carbocycles. The first kappa shape index (κ1) is 48.9. The minimum atomic E-state index is -1.71. The zero-order chi connectivity index (χ0) is 47.4. The molecule has 1 spiro atoms. The van der Waals surface area contributed by atoms with E-state index in [0.29, 0.717) is 44.4 Å². The third-order valence-electron chi connectivity index (χ3n) is 20.2. The first-order valence-electron chi connectivity index (χ1n) is 26.7. The number of ether oxygens (including phenoxy) is 2. The van der Waals surface area contributed by atoms with Crippen LogP contribution in [-0.4, -0.2) is 68.8 Å². The third-order valence-corrected chi connectivity index (χ3v) is 23.3. The number of esters is 2. The van der Waals surface area contributed by atoms with Crippen LogP contribution in [0, 0.1) is 68.5 Å². The van der Waals surface area contributed by atoms with Crippen LogP contribution in [0.2, 0.25) is 0 Å². The lowest BCUT2D eigenvalue weighted by Crippen LogP contribution is -2.79. The monoisotopic (exact) mass is 963 g/mol. The average Bonchev–Trinajstić information content (AvgIpc) is 3.80. The molecule has 8 aliphatic rings. The van der Waals surface area contributed by atoms with Crippen LogP contribution in [0.15, 0.2) is 72.3 Å². The minimum Gasteiger partial charge on any atom is -0.462 e. The van der Waals surface area contributed by atoms with E-state index in [0.717, 1.165) is 94.8 Å². The summed E-state index contributed by atoms with van der Waals surface area (Å²) in [6, 6.07) is 21.6. The molecule has 4 heterocycles. The number of cyclic esters (lactones) is 1. The topological polar surface area (TPSA) is 113 Å². The van der Waals surface area contributed by atoms with E-state index in [1.165, 1.54) is 17.5 Å². The van der Waals surface area contributed by atoms with Crippen molar-refractivity contribution in [3.63, 3.8) is 0 Å². The van der Waals surface area contributed by atoms with E-state index in [1.807, 2.05) is 28.5 Å². The standard InChI is InChI=1S/C59H78O7S2/c1-54-28-23-48(68-67-39-44(35-54)33-41-16-9-5-10-17-41)46-21-20-42(32-40-14-7-4-8-15-40)36-57(46)27-13-26-55(2)37-47(66-53(57)63)52-56(3,45-18-11-6-12-19-45)30-25-50(61)59(52,49(60)24-29-54)58(55,64)31-22-43-34-51(62)65-38-43/h4-5,7-10,14-17,34,42,44-50,52,60-61,64H,6,11-12,18-25,27-33,35-39H2,1-3H3.